The highest BCUT2D eigenvalue weighted by atomic mass is 19.3. The zero-order valence-electron chi connectivity index (χ0n) is 14.5. The highest BCUT2D eigenvalue weighted by Gasteiger charge is 2.23. The van der Waals surface area contributed by atoms with Crippen molar-refractivity contribution in [1.82, 2.24) is 5.32 Å². The monoisotopic (exact) mass is 376 g/mol. The zero-order chi connectivity index (χ0) is 19.4. The minimum Gasteiger partial charge on any atom is -0.493 e. The predicted molar refractivity (Wildman–Crippen MR) is 94.5 cm³/mol. The first kappa shape index (κ1) is 18.6. The van der Waals surface area contributed by atoms with Gasteiger partial charge >= 0.3 is 6.61 Å². The Labute approximate surface area is 154 Å². The number of alkyl halides is 2. The van der Waals surface area contributed by atoms with Crippen LogP contribution >= 0.6 is 0 Å². The molecule has 27 heavy (non-hydrogen) atoms. The Bertz CT molecular complexity index is 836. The maximum absolute atomic E-state index is 12.4. The molecule has 0 atom stereocenters. The van der Waals surface area contributed by atoms with E-state index in [0.29, 0.717) is 11.3 Å². The molecule has 0 radical (unpaired) electrons. The summed E-state index contributed by atoms with van der Waals surface area (Å²) in [6.07, 6.45) is 2.01. The SMILES string of the molecule is COc1cc(C(=O)Nc2ccc(C(=O)NC3CC3)cc2)ccc1OC(F)F. The second kappa shape index (κ2) is 8.03. The summed E-state index contributed by atoms with van der Waals surface area (Å²) in [5, 5.41) is 5.56. The van der Waals surface area contributed by atoms with Gasteiger partial charge in [-0.15, -0.1) is 0 Å². The first-order chi connectivity index (χ1) is 13.0. The molecule has 2 amide bonds. The predicted octanol–water partition coefficient (Wildman–Crippen LogP) is 3.44. The maximum Gasteiger partial charge on any atom is 0.387 e. The molecule has 2 aromatic carbocycles. The summed E-state index contributed by atoms with van der Waals surface area (Å²) < 4.78 is 34.0. The number of carbonyl (C=O) groups is 2. The van der Waals surface area contributed by atoms with Crippen LogP contribution in [0.4, 0.5) is 14.5 Å². The van der Waals surface area contributed by atoms with Gasteiger partial charge in [-0.25, -0.2) is 0 Å². The van der Waals surface area contributed by atoms with Crippen molar-refractivity contribution in [1.29, 1.82) is 0 Å². The van der Waals surface area contributed by atoms with Gasteiger partial charge in [0.25, 0.3) is 11.8 Å². The van der Waals surface area contributed by atoms with E-state index in [1.807, 2.05) is 0 Å². The molecular weight excluding hydrogens is 358 g/mol. The third kappa shape index (κ3) is 4.93. The standard InChI is InChI=1S/C19H18F2N2O4/c1-26-16-10-12(4-9-15(16)27-19(20)21)18(25)23-13-5-2-11(3-6-13)17(24)22-14-7-8-14/h2-6,9-10,14,19H,7-8H2,1H3,(H,22,24)(H,23,25). The molecule has 0 heterocycles. The number of nitrogens with one attached hydrogen (secondary N) is 2. The van der Waals surface area contributed by atoms with Crippen molar-refractivity contribution >= 4 is 17.5 Å². The minimum atomic E-state index is -2.99. The van der Waals surface area contributed by atoms with Crippen LogP contribution in [0.1, 0.15) is 33.6 Å². The molecule has 1 aliphatic carbocycles. The van der Waals surface area contributed by atoms with E-state index in [0.717, 1.165) is 12.8 Å². The highest BCUT2D eigenvalue weighted by Crippen LogP contribution is 2.29. The van der Waals surface area contributed by atoms with E-state index in [4.69, 9.17) is 4.74 Å². The quantitative estimate of drug-likeness (QED) is 0.776. The van der Waals surface area contributed by atoms with Gasteiger partial charge in [-0.2, -0.15) is 8.78 Å². The van der Waals surface area contributed by atoms with Crippen LogP contribution in [0.5, 0.6) is 11.5 Å². The Balaban J connectivity index is 1.66. The van der Waals surface area contributed by atoms with Crippen molar-refractivity contribution in [2.45, 2.75) is 25.5 Å². The Kier molecular flexibility index (Phi) is 5.54. The Hall–Kier alpha value is -3.16. The lowest BCUT2D eigenvalue weighted by Gasteiger charge is -2.12. The molecule has 1 aliphatic rings. The van der Waals surface area contributed by atoms with E-state index in [1.165, 1.54) is 25.3 Å². The lowest BCUT2D eigenvalue weighted by molar-refractivity contribution is -0.0512. The number of hydrogen-bond acceptors (Lipinski definition) is 4. The van der Waals surface area contributed by atoms with Crippen LogP contribution in [0.3, 0.4) is 0 Å². The fourth-order valence-corrected chi connectivity index (χ4v) is 2.41. The minimum absolute atomic E-state index is 0.0232. The van der Waals surface area contributed by atoms with Crippen molar-refractivity contribution in [3.05, 3.63) is 53.6 Å². The number of halogens is 2. The summed E-state index contributed by atoms with van der Waals surface area (Å²) in [5.74, 6) is -0.730. The third-order valence-electron chi connectivity index (χ3n) is 3.96. The Morgan fingerprint density at radius 2 is 1.67 bits per heavy atom. The van der Waals surface area contributed by atoms with Crippen molar-refractivity contribution in [2.75, 3.05) is 12.4 Å². The van der Waals surface area contributed by atoms with E-state index >= 15 is 0 Å². The molecule has 0 bridgehead atoms. The van der Waals surface area contributed by atoms with Gasteiger partial charge in [-0.3, -0.25) is 9.59 Å². The number of hydrogen-bond donors (Lipinski definition) is 2. The summed E-state index contributed by atoms with van der Waals surface area (Å²) in [6, 6.07) is 10.6. The molecule has 0 unspecified atom stereocenters. The van der Waals surface area contributed by atoms with Gasteiger partial charge in [0.1, 0.15) is 0 Å². The molecule has 1 saturated carbocycles. The molecule has 0 saturated heterocycles. The smallest absolute Gasteiger partial charge is 0.387 e. The van der Waals surface area contributed by atoms with Crippen molar-refractivity contribution in [3.63, 3.8) is 0 Å². The summed E-state index contributed by atoms with van der Waals surface area (Å²) in [7, 11) is 1.29. The van der Waals surface area contributed by atoms with E-state index in [9.17, 15) is 18.4 Å². The molecule has 2 N–H and O–H groups in total. The summed E-state index contributed by atoms with van der Waals surface area (Å²) in [6.45, 7) is -2.99. The molecular formula is C19H18F2N2O4. The number of ether oxygens (including phenoxy) is 2. The maximum atomic E-state index is 12.4. The van der Waals surface area contributed by atoms with Crippen LogP contribution in [0.2, 0.25) is 0 Å². The van der Waals surface area contributed by atoms with Gasteiger partial charge in [0.2, 0.25) is 0 Å². The molecule has 2 aromatic rings. The second-order valence-electron chi connectivity index (χ2n) is 6.02. The number of methoxy groups -OCH3 is 1. The third-order valence-corrected chi connectivity index (χ3v) is 3.96. The van der Waals surface area contributed by atoms with Crippen LogP contribution in [0.15, 0.2) is 42.5 Å². The number of amides is 2. The van der Waals surface area contributed by atoms with Gasteiger partial charge in [0, 0.05) is 22.9 Å². The van der Waals surface area contributed by atoms with Gasteiger partial charge in [0.05, 0.1) is 7.11 Å². The lowest BCUT2D eigenvalue weighted by atomic mass is 10.1. The molecule has 3 rings (SSSR count). The van der Waals surface area contributed by atoms with Crippen LogP contribution in [0.25, 0.3) is 0 Å². The fraction of sp³-hybridized carbons (Fsp3) is 0.263. The molecule has 0 spiro atoms. The summed E-state index contributed by atoms with van der Waals surface area (Å²) in [4.78, 5) is 24.3. The van der Waals surface area contributed by atoms with E-state index in [-0.39, 0.29) is 29.0 Å². The second-order valence-corrected chi connectivity index (χ2v) is 6.02. The highest BCUT2D eigenvalue weighted by molar-refractivity contribution is 6.05. The normalized spacial score (nSPS) is 13.2. The Morgan fingerprint density at radius 3 is 2.26 bits per heavy atom. The Morgan fingerprint density at radius 1 is 1.00 bits per heavy atom. The van der Waals surface area contributed by atoms with Crippen molar-refractivity contribution < 1.29 is 27.8 Å². The zero-order valence-corrected chi connectivity index (χ0v) is 14.5. The van der Waals surface area contributed by atoms with Gasteiger partial charge < -0.3 is 20.1 Å². The lowest BCUT2D eigenvalue weighted by Crippen LogP contribution is -2.25. The van der Waals surface area contributed by atoms with E-state index in [2.05, 4.69) is 15.4 Å². The largest absolute Gasteiger partial charge is 0.493 e. The first-order valence-electron chi connectivity index (χ1n) is 8.31. The first-order valence-corrected chi connectivity index (χ1v) is 8.31. The topological polar surface area (TPSA) is 76.7 Å². The van der Waals surface area contributed by atoms with Crippen molar-refractivity contribution in [2.24, 2.45) is 0 Å². The van der Waals surface area contributed by atoms with Crippen LogP contribution in [-0.2, 0) is 0 Å². The van der Waals surface area contributed by atoms with Crippen LogP contribution < -0.4 is 20.1 Å². The average Bonchev–Trinajstić information content (AvgIpc) is 3.46. The van der Waals surface area contributed by atoms with Crippen molar-refractivity contribution in [3.8, 4) is 11.5 Å². The molecule has 6 nitrogen and oxygen atoms in total. The summed E-state index contributed by atoms with van der Waals surface area (Å²) in [5.41, 5.74) is 1.22. The van der Waals surface area contributed by atoms with Crippen LogP contribution in [-0.4, -0.2) is 31.6 Å². The molecule has 0 aromatic heterocycles. The molecule has 1 fully saturated rings. The van der Waals surface area contributed by atoms with Gasteiger partial charge in [-0.1, -0.05) is 0 Å². The van der Waals surface area contributed by atoms with E-state index < -0.39 is 12.5 Å². The molecule has 8 heteroatoms. The van der Waals surface area contributed by atoms with Gasteiger partial charge in [0.15, 0.2) is 11.5 Å². The van der Waals surface area contributed by atoms with Gasteiger partial charge in [-0.05, 0) is 55.3 Å². The number of rotatable bonds is 7. The number of benzene rings is 2. The number of carbonyl (C=O) groups excluding carboxylic acids is 2. The summed E-state index contributed by atoms with van der Waals surface area (Å²) >= 11 is 0. The van der Waals surface area contributed by atoms with E-state index in [1.54, 1.807) is 24.3 Å². The molecule has 142 valence electrons. The molecule has 0 aliphatic heterocycles. The fourth-order valence-electron chi connectivity index (χ4n) is 2.41. The average molecular weight is 376 g/mol. The van der Waals surface area contributed by atoms with Crippen LogP contribution in [0, 0.1) is 0 Å². The number of anilines is 1.